The highest BCUT2D eigenvalue weighted by Gasteiger charge is 2.32. The molecule has 1 aliphatic heterocycles. The molecule has 3 aliphatic rings. The number of nitrogens with one attached hydrogen (secondary N) is 1. The highest BCUT2D eigenvalue weighted by Crippen LogP contribution is 2.44. The number of rotatable bonds is 6. The zero-order chi connectivity index (χ0) is 33.0. The predicted molar refractivity (Wildman–Crippen MR) is 203 cm³/mol. The maximum atomic E-state index is 5.06. The third-order valence-corrected chi connectivity index (χ3v) is 10.5. The van der Waals surface area contributed by atoms with Gasteiger partial charge in [0.05, 0.1) is 17.6 Å². The number of allylic oxidation sites excluding steroid dienone is 6. The molecule has 2 unspecified atom stereocenters. The van der Waals surface area contributed by atoms with Crippen molar-refractivity contribution in [2.24, 2.45) is 5.92 Å². The van der Waals surface area contributed by atoms with E-state index in [9.17, 15) is 0 Å². The van der Waals surface area contributed by atoms with E-state index in [1.165, 1.54) is 44.3 Å². The number of para-hydroxylation sites is 1. The van der Waals surface area contributed by atoms with Crippen molar-refractivity contribution in [1.82, 2.24) is 24.6 Å². The van der Waals surface area contributed by atoms with Gasteiger partial charge in [0.15, 0.2) is 11.6 Å². The summed E-state index contributed by atoms with van der Waals surface area (Å²) in [7, 11) is 0. The SMILES string of the molecule is C1=CCC2C(=C1)NC1=C2CC(c2ccc3c(c2)c2ccccc2n3-c2ccc(-c3nc(-c4ccccc4)n(Cc4ccccc4)n3)cc2)C=C1. The molecule has 7 aromatic rings. The monoisotopic (exact) mass is 645 g/mol. The van der Waals surface area contributed by atoms with Gasteiger partial charge in [0, 0.05) is 50.8 Å². The maximum Gasteiger partial charge on any atom is 0.181 e. The summed E-state index contributed by atoms with van der Waals surface area (Å²) in [6.45, 7) is 0.655. The Morgan fingerprint density at radius 3 is 2.38 bits per heavy atom. The van der Waals surface area contributed by atoms with Gasteiger partial charge >= 0.3 is 0 Å². The molecule has 240 valence electrons. The molecule has 0 saturated carbocycles. The zero-order valence-corrected chi connectivity index (χ0v) is 27.6. The van der Waals surface area contributed by atoms with Crippen molar-refractivity contribution in [1.29, 1.82) is 0 Å². The van der Waals surface area contributed by atoms with Crippen LogP contribution in [0.1, 0.15) is 29.9 Å². The van der Waals surface area contributed by atoms with Crippen LogP contribution in [0.3, 0.4) is 0 Å². The molecule has 0 radical (unpaired) electrons. The fraction of sp³-hybridized carbons (Fsp3) is 0.111. The number of hydrogen-bond acceptors (Lipinski definition) is 3. The molecule has 0 fully saturated rings. The second-order valence-electron chi connectivity index (χ2n) is 13.5. The minimum absolute atomic E-state index is 0.363. The summed E-state index contributed by atoms with van der Waals surface area (Å²) in [5.41, 5.74) is 12.3. The van der Waals surface area contributed by atoms with E-state index in [0.29, 0.717) is 18.4 Å². The molecule has 3 heterocycles. The first-order valence-corrected chi connectivity index (χ1v) is 17.5. The van der Waals surface area contributed by atoms with E-state index in [-0.39, 0.29) is 0 Å². The van der Waals surface area contributed by atoms with Crippen molar-refractivity contribution < 1.29 is 0 Å². The van der Waals surface area contributed by atoms with Crippen LogP contribution in [0.5, 0.6) is 0 Å². The quantitative estimate of drug-likeness (QED) is 0.196. The van der Waals surface area contributed by atoms with Crippen molar-refractivity contribution in [2.75, 3.05) is 0 Å². The van der Waals surface area contributed by atoms with Crippen LogP contribution in [0.25, 0.3) is 50.3 Å². The van der Waals surface area contributed by atoms with Gasteiger partial charge in [-0.2, -0.15) is 5.10 Å². The Hall–Kier alpha value is -6.20. The average Bonchev–Trinajstić information content (AvgIpc) is 3.87. The van der Waals surface area contributed by atoms with Gasteiger partial charge in [0.2, 0.25) is 0 Å². The fourth-order valence-electron chi connectivity index (χ4n) is 8.05. The standard InChI is InChI=1S/C45H35N5/c1-3-11-30(12-4-1)29-49-45(32-13-5-2-6-14-32)47-44(48-49)31-19-23-35(24-20-31)50-42-18-10-8-16-37(42)39-28-34(22-26-43(39)50)33-21-25-41-38(27-33)36-15-7-9-17-40(36)46-41/h1-14,16-26,28,33,36,46H,15,27,29H2. The predicted octanol–water partition coefficient (Wildman–Crippen LogP) is 10.1. The summed E-state index contributed by atoms with van der Waals surface area (Å²) in [5, 5.41) is 11.2. The number of benzene rings is 5. The molecule has 5 aromatic carbocycles. The largest absolute Gasteiger partial charge is 0.358 e. The van der Waals surface area contributed by atoms with Crippen molar-refractivity contribution in [3.8, 4) is 28.5 Å². The first kappa shape index (κ1) is 28.8. The summed E-state index contributed by atoms with van der Waals surface area (Å²) in [4.78, 5) is 5.06. The van der Waals surface area contributed by atoms with Crippen LogP contribution in [-0.2, 0) is 6.54 Å². The molecule has 5 nitrogen and oxygen atoms in total. The molecule has 1 N–H and O–H groups in total. The Labute approximate surface area is 291 Å². The van der Waals surface area contributed by atoms with Crippen LogP contribution in [0, 0.1) is 5.92 Å². The van der Waals surface area contributed by atoms with Crippen LogP contribution in [0.4, 0.5) is 0 Å². The van der Waals surface area contributed by atoms with Gasteiger partial charge < -0.3 is 9.88 Å². The third-order valence-electron chi connectivity index (χ3n) is 10.5. The normalized spacial score (nSPS) is 18.0. The van der Waals surface area contributed by atoms with E-state index in [2.05, 4.69) is 143 Å². The molecule has 10 rings (SSSR count). The number of nitrogens with zero attached hydrogens (tertiary/aromatic N) is 4. The van der Waals surface area contributed by atoms with E-state index >= 15 is 0 Å². The second kappa shape index (κ2) is 11.7. The first-order chi connectivity index (χ1) is 24.8. The molecule has 2 atom stereocenters. The number of fused-ring (bicyclic) bond motifs is 5. The van der Waals surface area contributed by atoms with E-state index in [4.69, 9.17) is 10.1 Å². The molecule has 2 aliphatic carbocycles. The lowest BCUT2D eigenvalue weighted by atomic mass is 9.80. The van der Waals surface area contributed by atoms with Gasteiger partial charge in [-0.1, -0.05) is 103 Å². The van der Waals surface area contributed by atoms with Gasteiger partial charge in [-0.25, -0.2) is 9.67 Å². The smallest absolute Gasteiger partial charge is 0.181 e. The van der Waals surface area contributed by atoms with Crippen LogP contribution in [-0.4, -0.2) is 19.3 Å². The van der Waals surface area contributed by atoms with Crippen LogP contribution < -0.4 is 5.32 Å². The molecule has 0 bridgehead atoms. The number of aromatic nitrogens is 4. The van der Waals surface area contributed by atoms with Gasteiger partial charge in [-0.05, 0) is 84.2 Å². The van der Waals surface area contributed by atoms with Crippen LogP contribution in [0.15, 0.2) is 175 Å². The van der Waals surface area contributed by atoms with Crippen LogP contribution in [0.2, 0.25) is 0 Å². The molecule has 50 heavy (non-hydrogen) atoms. The summed E-state index contributed by atoms with van der Waals surface area (Å²) in [6, 6.07) is 45.3. The van der Waals surface area contributed by atoms with Gasteiger partial charge in [0.1, 0.15) is 0 Å². The van der Waals surface area contributed by atoms with Gasteiger partial charge in [0.25, 0.3) is 0 Å². The summed E-state index contributed by atoms with van der Waals surface area (Å²) in [5.74, 6) is 2.44. The molecule has 0 amide bonds. The minimum atomic E-state index is 0.363. The van der Waals surface area contributed by atoms with Crippen molar-refractivity contribution in [3.05, 3.63) is 186 Å². The first-order valence-electron chi connectivity index (χ1n) is 17.5. The lowest BCUT2D eigenvalue weighted by Crippen LogP contribution is -2.10. The van der Waals surface area contributed by atoms with Crippen molar-refractivity contribution >= 4 is 21.8 Å². The van der Waals surface area contributed by atoms with E-state index in [0.717, 1.165) is 41.3 Å². The van der Waals surface area contributed by atoms with Gasteiger partial charge in [-0.15, -0.1) is 0 Å². The highest BCUT2D eigenvalue weighted by atomic mass is 15.3. The third kappa shape index (κ3) is 4.85. The maximum absolute atomic E-state index is 5.06. The van der Waals surface area contributed by atoms with E-state index in [1.807, 2.05) is 28.9 Å². The Balaban J connectivity index is 0.995. The summed E-state index contributed by atoms with van der Waals surface area (Å²) >= 11 is 0. The average molecular weight is 646 g/mol. The molecule has 2 aromatic heterocycles. The molecule has 0 spiro atoms. The highest BCUT2D eigenvalue weighted by molar-refractivity contribution is 6.09. The fourth-order valence-corrected chi connectivity index (χ4v) is 8.05. The second-order valence-corrected chi connectivity index (χ2v) is 13.5. The topological polar surface area (TPSA) is 47.7 Å². The molecule has 0 saturated heterocycles. The van der Waals surface area contributed by atoms with E-state index < -0.39 is 0 Å². The molecular weight excluding hydrogens is 611 g/mol. The Morgan fingerprint density at radius 2 is 1.52 bits per heavy atom. The molecular formula is C45H35N5. The van der Waals surface area contributed by atoms with E-state index in [1.54, 1.807) is 5.57 Å². The summed E-state index contributed by atoms with van der Waals surface area (Å²) < 4.78 is 4.40. The van der Waals surface area contributed by atoms with Gasteiger partial charge in [-0.3, -0.25) is 0 Å². The number of hydrogen-bond donors (Lipinski definition) is 1. The minimum Gasteiger partial charge on any atom is -0.358 e. The Kier molecular flexibility index (Phi) is 6.76. The zero-order valence-electron chi connectivity index (χ0n) is 27.6. The lowest BCUT2D eigenvalue weighted by molar-refractivity contribution is 0.662. The van der Waals surface area contributed by atoms with Crippen LogP contribution >= 0.6 is 0 Å². The van der Waals surface area contributed by atoms with Crippen molar-refractivity contribution in [3.63, 3.8) is 0 Å². The lowest BCUT2D eigenvalue weighted by Gasteiger charge is -2.22. The Bertz CT molecular complexity index is 2530. The summed E-state index contributed by atoms with van der Waals surface area (Å²) in [6.07, 6.45) is 13.5. The van der Waals surface area contributed by atoms with Crippen molar-refractivity contribution in [2.45, 2.75) is 25.3 Å². The molecule has 5 heteroatoms. The Morgan fingerprint density at radius 1 is 0.740 bits per heavy atom.